The lowest BCUT2D eigenvalue weighted by Crippen LogP contribution is -2.05. The van der Waals surface area contributed by atoms with Crippen molar-refractivity contribution in [2.45, 2.75) is 6.18 Å². The smallest absolute Gasteiger partial charge is 0.417 e. The zero-order chi connectivity index (χ0) is 9.19. The second-order valence-corrected chi connectivity index (χ2v) is 2.03. The molecule has 1 aromatic heterocycles. The first kappa shape index (κ1) is 8.83. The molecule has 0 amide bonds. The summed E-state index contributed by atoms with van der Waals surface area (Å²) in [6, 6.07) is 1.99. The Balaban J connectivity index is 2.93. The van der Waals surface area contributed by atoms with E-state index in [1.165, 1.54) is 0 Å². The van der Waals surface area contributed by atoms with E-state index in [0.717, 1.165) is 12.1 Å². The molecule has 0 saturated carbocycles. The van der Waals surface area contributed by atoms with Gasteiger partial charge in [-0.05, 0) is 6.07 Å². The highest BCUT2D eigenvalue weighted by Gasteiger charge is 2.30. The van der Waals surface area contributed by atoms with Crippen LogP contribution in [0.5, 0.6) is 5.88 Å². The van der Waals surface area contributed by atoms with E-state index in [1.54, 1.807) is 0 Å². The molecule has 2 nitrogen and oxygen atoms in total. The summed E-state index contributed by atoms with van der Waals surface area (Å²) in [7, 11) is 3.00. The van der Waals surface area contributed by atoms with Crippen molar-refractivity contribution in [2.24, 2.45) is 0 Å². The molecule has 12 heavy (non-hydrogen) atoms. The van der Waals surface area contributed by atoms with Crippen molar-refractivity contribution in [3.63, 3.8) is 0 Å². The maximum Gasteiger partial charge on any atom is 0.417 e. The molecule has 0 aliphatic carbocycles. The summed E-state index contributed by atoms with van der Waals surface area (Å²) in [5, 5.41) is 0. The topological polar surface area (TPSA) is 22.1 Å². The Hall–Kier alpha value is -1.26. The minimum atomic E-state index is -4.35. The average Bonchev–Trinajstić information content (AvgIpc) is 2.03. The van der Waals surface area contributed by atoms with Gasteiger partial charge in [-0.25, -0.2) is 4.98 Å². The van der Waals surface area contributed by atoms with Crippen LogP contribution in [0.15, 0.2) is 18.3 Å². The molecule has 0 fully saturated rings. The quantitative estimate of drug-likeness (QED) is 0.654. The molecule has 1 heterocycles. The van der Waals surface area contributed by atoms with Gasteiger partial charge in [0.15, 0.2) is 0 Å². The molecular formula is C7H5F3NO. The van der Waals surface area contributed by atoms with Crippen molar-refractivity contribution in [3.05, 3.63) is 31.0 Å². The number of ether oxygens (including phenoxy) is 1. The number of hydrogen-bond donors (Lipinski definition) is 0. The summed E-state index contributed by atoms with van der Waals surface area (Å²) < 4.78 is 40.1. The molecule has 0 aliphatic heterocycles. The Bertz CT molecular complexity index is 254. The second kappa shape index (κ2) is 3.00. The number of pyridine rings is 1. The summed E-state index contributed by atoms with van der Waals surface area (Å²) in [6.45, 7) is 0. The van der Waals surface area contributed by atoms with Crippen LogP contribution in [0.2, 0.25) is 0 Å². The van der Waals surface area contributed by atoms with Gasteiger partial charge >= 0.3 is 6.18 Å². The number of hydrogen-bond acceptors (Lipinski definition) is 2. The van der Waals surface area contributed by atoms with Crippen molar-refractivity contribution in [3.8, 4) is 5.88 Å². The molecule has 0 aromatic carbocycles. The Kier molecular flexibility index (Phi) is 2.21. The van der Waals surface area contributed by atoms with Gasteiger partial charge in [0, 0.05) is 12.3 Å². The standard InChI is InChI=1S/C7H5F3NO/c1-12-6-3-2-5(4-11-6)7(8,9)10/h2-4H,1H2. The molecule has 1 aromatic rings. The van der Waals surface area contributed by atoms with Crippen LogP contribution in [-0.2, 0) is 6.18 Å². The second-order valence-electron chi connectivity index (χ2n) is 2.03. The number of halogens is 3. The van der Waals surface area contributed by atoms with Gasteiger partial charge in [0.25, 0.3) is 0 Å². The monoisotopic (exact) mass is 176 g/mol. The van der Waals surface area contributed by atoms with Crippen LogP contribution >= 0.6 is 0 Å². The van der Waals surface area contributed by atoms with Gasteiger partial charge in [-0.15, -0.1) is 0 Å². The van der Waals surface area contributed by atoms with Gasteiger partial charge in [0.1, 0.15) is 7.11 Å². The molecule has 0 N–H and O–H groups in total. The van der Waals surface area contributed by atoms with E-state index in [0.29, 0.717) is 6.20 Å². The average molecular weight is 176 g/mol. The minimum Gasteiger partial charge on any atom is -0.474 e. The van der Waals surface area contributed by atoms with Gasteiger partial charge in [0.2, 0.25) is 5.88 Å². The summed E-state index contributed by atoms with van der Waals surface area (Å²) >= 11 is 0. The molecule has 0 bridgehead atoms. The number of alkyl halides is 3. The molecule has 0 atom stereocenters. The molecule has 1 rings (SSSR count). The molecule has 0 saturated heterocycles. The van der Waals surface area contributed by atoms with Crippen LogP contribution in [0.4, 0.5) is 13.2 Å². The lowest BCUT2D eigenvalue weighted by Gasteiger charge is -2.05. The third kappa shape index (κ3) is 1.87. The van der Waals surface area contributed by atoms with Gasteiger partial charge in [0.05, 0.1) is 5.56 Å². The number of aromatic nitrogens is 1. The highest BCUT2D eigenvalue weighted by atomic mass is 19.4. The van der Waals surface area contributed by atoms with Crippen LogP contribution in [0.3, 0.4) is 0 Å². The zero-order valence-corrected chi connectivity index (χ0v) is 5.93. The van der Waals surface area contributed by atoms with Crippen molar-refractivity contribution in [2.75, 3.05) is 0 Å². The van der Waals surface area contributed by atoms with Crippen molar-refractivity contribution in [1.29, 1.82) is 0 Å². The molecule has 65 valence electrons. The highest BCUT2D eigenvalue weighted by molar-refractivity contribution is 5.19. The summed E-state index contributed by atoms with van der Waals surface area (Å²) in [4.78, 5) is 3.36. The molecule has 0 unspecified atom stereocenters. The summed E-state index contributed by atoms with van der Waals surface area (Å²) in [6.07, 6.45) is -3.66. The fraction of sp³-hybridized carbons (Fsp3) is 0.143. The van der Waals surface area contributed by atoms with Gasteiger partial charge in [-0.1, -0.05) is 0 Å². The third-order valence-electron chi connectivity index (χ3n) is 1.21. The van der Waals surface area contributed by atoms with Crippen molar-refractivity contribution < 1.29 is 17.9 Å². The largest absolute Gasteiger partial charge is 0.474 e. The summed E-state index contributed by atoms with van der Waals surface area (Å²) in [5.74, 6) is 0.0583. The van der Waals surface area contributed by atoms with Crippen LogP contribution in [0.25, 0.3) is 0 Å². The van der Waals surface area contributed by atoms with Crippen molar-refractivity contribution >= 4 is 0 Å². The molecule has 1 radical (unpaired) electrons. The van der Waals surface area contributed by atoms with Crippen LogP contribution in [0.1, 0.15) is 5.56 Å². The van der Waals surface area contributed by atoms with Gasteiger partial charge in [-0.2, -0.15) is 13.2 Å². The van der Waals surface area contributed by atoms with E-state index in [2.05, 4.69) is 16.8 Å². The van der Waals surface area contributed by atoms with E-state index >= 15 is 0 Å². The van der Waals surface area contributed by atoms with Gasteiger partial charge < -0.3 is 4.74 Å². The van der Waals surface area contributed by atoms with E-state index in [4.69, 9.17) is 0 Å². The maximum absolute atomic E-state index is 11.9. The van der Waals surface area contributed by atoms with Gasteiger partial charge in [-0.3, -0.25) is 0 Å². The van der Waals surface area contributed by atoms with Crippen LogP contribution in [-0.4, -0.2) is 4.98 Å². The predicted molar refractivity (Wildman–Crippen MR) is 35.2 cm³/mol. The van der Waals surface area contributed by atoms with E-state index in [1.807, 2.05) is 0 Å². The first-order valence-electron chi connectivity index (χ1n) is 2.99. The molecule has 0 aliphatic rings. The van der Waals surface area contributed by atoms with E-state index < -0.39 is 11.7 Å². The predicted octanol–water partition coefficient (Wildman–Crippen LogP) is 2.27. The lowest BCUT2D eigenvalue weighted by molar-refractivity contribution is -0.137. The lowest BCUT2D eigenvalue weighted by atomic mass is 10.3. The molecule has 5 heteroatoms. The van der Waals surface area contributed by atoms with Crippen molar-refractivity contribution in [1.82, 2.24) is 4.98 Å². The van der Waals surface area contributed by atoms with E-state index in [9.17, 15) is 13.2 Å². The fourth-order valence-electron chi connectivity index (χ4n) is 0.633. The fourth-order valence-corrected chi connectivity index (χ4v) is 0.633. The maximum atomic E-state index is 11.9. The third-order valence-corrected chi connectivity index (χ3v) is 1.21. The Morgan fingerprint density at radius 1 is 1.33 bits per heavy atom. The zero-order valence-electron chi connectivity index (χ0n) is 5.93. The number of rotatable bonds is 1. The Morgan fingerprint density at radius 3 is 2.33 bits per heavy atom. The van der Waals surface area contributed by atoms with Crippen LogP contribution < -0.4 is 4.74 Å². The van der Waals surface area contributed by atoms with E-state index in [-0.39, 0.29) is 5.88 Å². The summed E-state index contributed by atoms with van der Waals surface area (Å²) in [5.41, 5.74) is -0.803. The highest BCUT2D eigenvalue weighted by Crippen LogP contribution is 2.28. The van der Waals surface area contributed by atoms with Crippen LogP contribution in [0, 0.1) is 7.11 Å². The minimum absolute atomic E-state index is 0.0583. The Morgan fingerprint density at radius 2 is 2.00 bits per heavy atom. The molecular weight excluding hydrogens is 171 g/mol. The Labute approximate surface area is 67.0 Å². The molecule has 0 spiro atoms. The first-order chi connectivity index (χ1) is 5.54. The normalized spacial score (nSPS) is 11.3. The number of nitrogens with zero attached hydrogens (tertiary/aromatic N) is 1. The SMILES string of the molecule is [CH2]Oc1ccc(C(F)(F)F)cn1. The first-order valence-corrected chi connectivity index (χ1v) is 2.99.